The van der Waals surface area contributed by atoms with E-state index in [1.165, 1.54) is 31.5 Å². The summed E-state index contributed by atoms with van der Waals surface area (Å²) >= 11 is 0. The van der Waals surface area contributed by atoms with Gasteiger partial charge in [-0.15, -0.1) is 0 Å². The Morgan fingerprint density at radius 1 is 1.21 bits per heavy atom. The van der Waals surface area contributed by atoms with Crippen LogP contribution >= 0.6 is 0 Å². The van der Waals surface area contributed by atoms with Crippen molar-refractivity contribution in [3.63, 3.8) is 0 Å². The third-order valence-electron chi connectivity index (χ3n) is 3.76. The second kappa shape index (κ2) is 6.16. The molecule has 122 valence electrons. The summed E-state index contributed by atoms with van der Waals surface area (Å²) in [5.74, 6) is -0.707. The molecule has 6 heteroatoms. The van der Waals surface area contributed by atoms with E-state index in [1.54, 1.807) is 35.9 Å². The van der Waals surface area contributed by atoms with Crippen LogP contribution in [0, 0.1) is 5.82 Å². The molecule has 0 bridgehead atoms. The first-order valence-electron chi connectivity index (χ1n) is 7.24. The number of pyridine rings is 1. The summed E-state index contributed by atoms with van der Waals surface area (Å²) in [4.78, 5) is 25.1. The molecule has 0 saturated heterocycles. The van der Waals surface area contributed by atoms with Crippen LogP contribution in [0.3, 0.4) is 0 Å². The second-order valence-electron chi connectivity index (χ2n) is 5.30. The first-order chi connectivity index (χ1) is 11.5. The summed E-state index contributed by atoms with van der Waals surface area (Å²) in [5.41, 5.74) is 0.191. The number of carbonyl (C=O) groups excluding carboxylic acids is 1. The summed E-state index contributed by atoms with van der Waals surface area (Å²) in [6.07, 6.45) is 1.44. The highest BCUT2D eigenvalue weighted by Gasteiger charge is 2.16. The van der Waals surface area contributed by atoms with Crippen LogP contribution in [0.1, 0.15) is 10.4 Å². The van der Waals surface area contributed by atoms with Gasteiger partial charge in [0.2, 0.25) is 5.43 Å². The third kappa shape index (κ3) is 2.74. The minimum atomic E-state index is -0.662. The monoisotopic (exact) mass is 326 g/mol. The SMILES string of the molecule is COc1ccc2c(c1)c(=O)c(C(=O)Nc1ccccc1F)cn2C. The minimum Gasteiger partial charge on any atom is -0.497 e. The fourth-order valence-electron chi connectivity index (χ4n) is 2.51. The highest BCUT2D eigenvalue weighted by Crippen LogP contribution is 2.19. The van der Waals surface area contributed by atoms with E-state index in [4.69, 9.17) is 4.74 Å². The molecule has 0 aliphatic carbocycles. The highest BCUT2D eigenvalue weighted by molar-refractivity contribution is 6.05. The summed E-state index contributed by atoms with van der Waals surface area (Å²) in [6.45, 7) is 0. The van der Waals surface area contributed by atoms with Crippen molar-refractivity contribution < 1.29 is 13.9 Å². The number of ether oxygens (including phenoxy) is 1. The predicted octanol–water partition coefficient (Wildman–Crippen LogP) is 2.94. The molecule has 5 nitrogen and oxygen atoms in total. The van der Waals surface area contributed by atoms with Gasteiger partial charge in [-0.25, -0.2) is 4.39 Å². The number of rotatable bonds is 3. The average Bonchev–Trinajstić information content (AvgIpc) is 2.59. The predicted molar refractivity (Wildman–Crippen MR) is 90.1 cm³/mol. The molecule has 0 radical (unpaired) electrons. The molecule has 0 aliphatic heterocycles. The van der Waals surface area contributed by atoms with Crippen molar-refractivity contribution in [3.05, 3.63) is 70.3 Å². The number of nitrogens with one attached hydrogen (secondary N) is 1. The van der Waals surface area contributed by atoms with E-state index < -0.39 is 17.2 Å². The Balaban J connectivity index is 2.09. The van der Waals surface area contributed by atoms with Crippen molar-refractivity contribution in [2.75, 3.05) is 12.4 Å². The Morgan fingerprint density at radius 2 is 1.96 bits per heavy atom. The first kappa shape index (κ1) is 15.7. The first-order valence-corrected chi connectivity index (χ1v) is 7.24. The number of hydrogen-bond donors (Lipinski definition) is 1. The molecule has 2 aromatic carbocycles. The number of para-hydroxylation sites is 1. The maximum absolute atomic E-state index is 13.7. The number of carbonyl (C=O) groups is 1. The Labute approximate surface area is 137 Å². The number of nitrogens with zero attached hydrogens (tertiary/aromatic N) is 1. The quantitative estimate of drug-likeness (QED) is 0.805. The Hall–Kier alpha value is -3.15. The molecule has 1 N–H and O–H groups in total. The molecule has 1 aromatic heterocycles. The van der Waals surface area contributed by atoms with Crippen LogP contribution < -0.4 is 15.5 Å². The van der Waals surface area contributed by atoms with Gasteiger partial charge < -0.3 is 14.6 Å². The van der Waals surface area contributed by atoms with Gasteiger partial charge in [0.25, 0.3) is 5.91 Å². The number of halogens is 1. The molecule has 0 unspecified atom stereocenters. The van der Waals surface area contributed by atoms with Crippen LogP contribution in [0.25, 0.3) is 10.9 Å². The maximum atomic E-state index is 13.7. The highest BCUT2D eigenvalue weighted by atomic mass is 19.1. The van der Waals surface area contributed by atoms with Crippen LogP contribution in [0.4, 0.5) is 10.1 Å². The van der Waals surface area contributed by atoms with Crippen molar-refractivity contribution in [2.45, 2.75) is 0 Å². The van der Waals surface area contributed by atoms with Crippen molar-refractivity contribution in [1.29, 1.82) is 0 Å². The molecule has 1 amide bonds. The number of anilines is 1. The van der Waals surface area contributed by atoms with Crippen molar-refractivity contribution in [3.8, 4) is 5.75 Å². The van der Waals surface area contributed by atoms with E-state index in [1.807, 2.05) is 0 Å². The van der Waals surface area contributed by atoms with E-state index >= 15 is 0 Å². The number of benzene rings is 2. The van der Waals surface area contributed by atoms with Crippen LogP contribution in [0.2, 0.25) is 0 Å². The Kier molecular flexibility index (Phi) is 4.04. The molecule has 3 rings (SSSR count). The lowest BCUT2D eigenvalue weighted by Crippen LogP contribution is -2.23. The van der Waals surface area contributed by atoms with Gasteiger partial charge in [-0.3, -0.25) is 9.59 Å². The molecule has 1 heterocycles. The lowest BCUT2D eigenvalue weighted by molar-refractivity contribution is 0.102. The van der Waals surface area contributed by atoms with Gasteiger partial charge >= 0.3 is 0 Å². The fourth-order valence-corrected chi connectivity index (χ4v) is 2.51. The van der Waals surface area contributed by atoms with Crippen LogP contribution in [0.5, 0.6) is 5.75 Å². The van der Waals surface area contributed by atoms with Gasteiger partial charge in [-0.1, -0.05) is 12.1 Å². The molecule has 0 fully saturated rings. The average molecular weight is 326 g/mol. The van der Waals surface area contributed by atoms with Gasteiger partial charge in [0.05, 0.1) is 23.7 Å². The van der Waals surface area contributed by atoms with E-state index in [-0.39, 0.29) is 11.3 Å². The van der Waals surface area contributed by atoms with E-state index in [2.05, 4.69) is 5.32 Å². The smallest absolute Gasteiger partial charge is 0.261 e. The molecule has 3 aromatic rings. The zero-order chi connectivity index (χ0) is 17.3. The number of amides is 1. The topological polar surface area (TPSA) is 60.3 Å². The zero-order valence-electron chi connectivity index (χ0n) is 13.2. The van der Waals surface area contributed by atoms with Gasteiger partial charge in [-0.05, 0) is 30.3 Å². The fraction of sp³-hybridized carbons (Fsp3) is 0.111. The van der Waals surface area contributed by atoms with Gasteiger partial charge in [0, 0.05) is 13.2 Å². The number of fused-ring (bicyclic) bond motifs is 1. The Morgan fingerprint density at radius 3 is 2.67 bits per heavy atom. The molecule has 0 aliphatic rings. The molecular weight excluding hydrogens is 311 g/mol. The molecule has 0 spiro atoms. The van der Waals surface area contributed by atoms with Crippen LogP contribution in [-0.4, -0.2) is 17.6 Å². The number of aryl methyl sites for hydroxylation is 1. The third-order valence-corrected chi connectivity index (χ3v) is 3.76. The van der Waals surface area contributed by atoms with E-state index in [9.17, 15) is 14.0 Å². The van der Waals surface area contributed by atoms with Gasteiger partial charge in [0.15, 0.2) is 0 Å². The van der Waals surface area contributed by atoms with Crippen molar-refractivity contribution in [2.24, 2.45) is 7.05 Å². The van der Waals surface area contributed by atoms with Crippen molar-refractivity contribution >= 4 is 22.5 Å². The number of aromatic nitrogens is 1. The van der Waals surface area contributed by atoms with Gasteiger partial charge in [-0.2, -0.15) is 0 Å². The Bertz CT molecular complexity index is 995. The van der Waals surface area contributed by atoms with Gasteiger partial charge in [0.1, 0.15) is 17.1 Å². The number of methoxy groups -OCH3 is 1. The molecule has 24 heavy (non-hydrogen) atoms. The van der Waals surface area contributed by atoms with Crippen LogP contribution in [0.15, 0.2) is 53.5 Å². The normalized spacial score (nSPS) is 10.6. The second-order valence-corrected chi connectivity index (χ2v) is 5.30. The minimum absolute atomic E-state index is 0.0234. The largest absolute Gasteiger partial charge is 0.497 e. The molecule has 0 atom stereocenters. The molecular formula is C18H15FN2O3. The lowest BCUT2D eigenvalue weighted by atomic mass is 10.1. The summed E-state index contributed by atoms with van der Waals surface area (Å²) in [6, 6.07) is 10.8. The number of hydrogen-bond acceptors (Lipinski definition) is 3. The standard InChI is InChI=1S/C18H15FN2O3/c1-21-10-13(18(23)20-15-6-4-3-5-14(15)19)17(22)12-9-11(24-2)7-8-16(12)21/h3-10H,1-2H3,(H,20,23). The van der Waals surface area contributed by atoms with Crippen molar-refractivity contribution in [1.82, 2.24) is 4.57 Å². The summed E-state index contributed by atoms with van der Waals surface area (Å²) in [5, 5.41) is 2.79. The summed E-state index contributed by atoms with van der Waals surface area (Å²) < 4.78 is 20.5. The van der Waals surface area contributed by atoms with Crippen LogP contribution in [-0.2, 0) is 7.05 Å². The summed E-state index contributed by atoms with van der Waals surface area (Å²) in [7, 11) is 3.23. The molecule has 0 saturated carbocycles. The zero-order valence-corrected chi connectivity index (χ0v) is 13.2. The maximum Gasteiger partial charge on any atom is 0.261 e. The van der Waals surface area contributed by atoms with E-state index in [0.717, 1.165) is 0 Å². The lowest BCUT2D eigenvalue weighted by Gasteiger charge is -2.11. The van der Waals surface area contributed by atoms with E-state index in [0.29, 0.717) is 16.7 Å².